The van der Waals surface area contributed by atoms with Crippen LogP contribution >= 0.6 is 0 Å². The lowest BCUT2D eigenvalue weighted by atomic mass is 10.4. The molecule has 0 saturated heterocycles. The summed E-state index contributed by atoms with van der Waals surface area (Å²) in [6, 6.07) is 3.93. The number of amidine groups is 1. The molecule has 22 heavy (non-hydrogen) atoms. The second-order valence-corrected chi connectivity index (χ2v) is 5.68. The molecule has 1 aliphatic heterocycles. The summed E-state index contributed by atoms with van der Waals surface area (Å²) < 4.78 is 5.79. The second-order valence-electron chi connectivity index (χ2n) is 5.68. The van der Waals surface area contributed by atoms with Crippen molar-refractivity contribution >= 4 is 11.7 Å². The van der Waals surface area contributed by atoms with E-state index in [1.54, 1.807) is 0 Å². The molecule has 1 aromatic rings. The number of likely N-dealkylation sites (N-methyl/N-ethyl adjacent to an activating group) is 1. The molecule has 122 valence electrons. The van der Waals surface area contributed by atoms with Crippen molar-refractivity contribution < 1.29 is 9.34 Å². The Morgan fingerprint density at radius 2 is 2.18 bits per heavy atom. The molecule has 8 heteroatoms. The van der Waals surface area contributed by atoms with Crippen molar-refractivity contribution in [1.29, 1.82) is 0 Å². The first-order chi connectivity index (χ1) is 10.5. The zero-order valence-electron chi connectivity index (χ0n) is 13.4. The fourth-order valence-corrected chi connectivity index (χ4v) is 2.38. The molecule has 0 bridgehead atoms. The Bertz CT molecular complexity index is 540. The lowest BCUT2D eigenvalue weighted by Gasteiger charge is -2.22. The number of aliphatic imine (C=N–C) groups is 1. The van der Waals surface area contributed by atoms with Gasteiger partial charge in [-0.15, -0.1) is 0 Å². The Balaban J connectivity index is 1.84. The normalized spacial score (nSPS) is 14.5. The summed E-state index contributed by atoms with van der Waals surface area (Å²) in [7, 11) is 5.95. The van der Waals surface area contributed by atoms with Crippen LogP contribution in [0.3, 0.4) is 0 Å². The average molecular weight is 309 g/mol. The molecule has 0 saturated carbocycles. The second kappa shape index (κ2) is 7.26. The summed E-state index contributed by atoms with van der Waals surface area (Å²) >= 11 is 0. The van der Waals surface area contributed by atoms with E-state index in [1.165, 1.54) is 0 Å². The van der Waals surface area contributed by atoms with Crippen LogP contribution in [0.15, 0.2) is 21.5 Å². The van der Waals surface area contributed by atoms with Crippen LogP contribution < -0.4 is 4.90 Å². The number of furan rings is 1. The predicted octanol–water partition coefficient (Wildman–Crippen LogP) is 0.768. The van der Waals surface area contributed by atoms with Gasteiger partial charge in [0.2, 0.25) is 0 Å². The van der Waals surface area contributed by atoms with E-state index in [4.69, 9.17) is 4.42 Å². The molecular weight excluding hydrogens is 286 g/mol. The first kappa shape index (κ1) is 16.3. The molecule has 0 unspecified atom stereocenters. The van der Waals surface area contributed by atoms with E-state index in [0.717, 1.165) is 31.3 Å². The minimum atomic E-state index is -0.332. The first-order valence-electron chi connectivity index (χ1n) is 7.30. The van der Waals surface area contributed by atoms with Crippen molar-refractivity contribution in [2.75, 3.05) is 58.8 Å². The van der Waals surface area contributed by atoms with Crippen molar-refractivity contribution in [3.05, 3.63) is 28.0 Å². The van der Waals surface area contributed by atoms with E-state index in [9.17, 15) is 10.1 Å². The van der Waals surface area contributed by atoms with Gasteiger partial charge in [0.15, 0.2) is 11.7 Å². The van der Waals surface area contributed by atoms with E-state index in [1.807, 2.05) is 48.0 Å². The van der Waals surface area contributed by atoms with Crippen LogP contribution in [-0.2, 0) is 6.54 Å². The Kier molecular flexibility index (Phi) is 5.37. The van der Waals surface area contributed by atoms with Gasteiger partial charge < -0.3 is 19.1 Å². The summed E-state index contributed by atoms with van der Waals surface area (Å²) in [6.45, 7) is 3.39. The van der Waals surface area contributed by atoms with E-state index in [0.29, 0.717) is 18.9 Å². The molecule has 8 nitrogen and oxygen atoms in total. The maximum atomic E-state index is 10.6. The maximum Gasteiger partial charge on any atom is 0.260 e. The average Bonchev–Trinajstić information content (AvgIpc) is 3.04. The van der Waals surface area contributed by atoms with Crippen LogP contribution in [0.5, 0.6) is 0 Å². The molecule has 0 spiro atoms. The third-order valence-electron chi connectivity index (χ3n) is 3.50. The van der Waals surface area contributed by atoms with Gasteiger partial charge in [0, 0.05) is 37.7 Å². The van der Waals surface area contributed by atoms with Gasteiger partial charge in [0.25, 0.3) is 6.54 Å². The van der Waals surface area contributed by atoms with Gasteiger partial charge in [-0.3, -0.25) is 15.1 Å². The zero-order chi connectivity index (χ0) is 16.1. The molecular formula is C14H23N5O3. The minimum absolute atomic E-state index is 0.197. The number of nitrogens with zero attached hydrogens (tertiary/aromatic N) is 5. The summed E-state index contributed by atoms with van der Waals surface area (Å²) in [5.41, 5.74) is 0. The van der Waals surface area contributed by atoms with E-state index in [2.05, 4.69) is 4.99 Å². The smallest absolute Gasteiger partial charge is 0.260 e. The zero-order valence-corrected chi connectivity index (χ0v) is 13.4. The van der Waals surface area contributed by atoms with Crippen molar-refractivity contribution in [3.63, 3.8) is 0 Å². The summed E-state index contributed by atoms with van der Waals surface area (Å²) in [4.78, 5) is 20.5. The highest BCUT2D eigenvalue weighted by Gasteiger charge is 2.21. The van der Waals surface area contributed by atoms with E-state index in [-0.39, 0.29) is 11.5 Å². The summed E-state index contributed by atoms with van der Waals surface area (Å²) in [6.07, 6.45) is 0. The number of anilines is 1. The quantitative estimate of drug-likeness (QED) is 0.521. The van der Waals surface area contributed by atoms with Crippen LogP contribution in [0, 0.1) is 10.1 Å². The van der Waals surface area contributed by atoms with Gasteiger partial charge in [-0.2, -0.15) is 0 Å². The van der Waals surface area contributed by atoms with Gasteiger partial charge in [0.1, 0.15) is 5.76 Å². The fraction of sp³-hybridized carbons (Fsp3) is 0.643. The Morgan fingerprint density at radius 1 is 1.41 bits per heavy atom. The van der Waals surface area contributed by atoms with Crippen molar-refractivity contribution in [2.45, 2.75) is 6.54 Å². The third-order valence-corrected chi connectivity index (χ3v) is 3.50. The number of hydrogen-bond donors (Lipinski definition) is 0. The van der Waals surface area contributed by atoms with Gasteiger partial charge in [-0.25, -0.2) is 0 Å². The topological polar surface area (TPSA) is 78.4 Å². The highest BCUT2D eigenvalue weighted by Crippen LogP contribution is 2.18. The lowest BCUT2D eigenvalue weighted by molar-refractivity contribution is -0.464. The lowest BCUT2D eigenvalue weighted by Crippen LogP contribution is -2.38. The first-order valence-corrected chi connectivity index (χ1v) is 7.30. The van der Waals surface area contributed by atoms with Gasteiger partial charge in [-0.1, -0.05) is 0 Å². The highest BCUT2D eigenvalue weighted by molar-refractivity contribution is 5.84. The standard InChI is InChI=1S/C14H23N5O3/c1-16(2)10-12-4-5-14(22-12)17(3)8-9-18-7-6-15-13(18)11-19(20)21/h4-5H,6-11H2,1-3H3. The summed E-state index contributed by atoms with van der Waals surface area (Å²) in [5, 5.41) is 10.6. The third kappa shape index (κ3) is 4.45. The molecule has 0 aliphatic carbocycles. The Labute approximate surface area is 130 Å². The Morgan fingerprint density at radius 3 is 2.86 bits per heavy atom. The molecule has 1 aliphatic rings. The summed E-state index contributed by atoms with van der Waals surface area (Å²) in [5.74, 6) is 2.30. The molecule has 0 amide bonds. The molecule has 0 fully saturated rings. The van der Waals surface area contributed by atoms with Crippen molar-refractivity contribution in [2.24, 2.45) is 4.99 Å². The van der Waals surface area contributed by atoms with E-state index >= 15 is 0 Å². The predicted molar refractivity (Wildman–Crippen MR) is 85.1 cm³/mol. The minimum Gasteiger partial charge on any atom is -0.444 e. The van der Waals surface area contributed by atoms with Crippen LogP contribution in [0.1, 0.15) is 5.76 Å². The molecule has 0 atom stereocenters. The Hall–Kier alpha value is -2.09. The largest absolute Gasteiger partial charge is 0.444 e. The van der Waals surface area contributed by atoms with Gasteiger partial charge in [-0.05, 0) is 20.2 Å². The monoisotopic (exact) mass is 309 g/mol. The van der Waals surface area contributed by atoms with E-state index < -0.39 is 0 Å². The number of rotatable bonds is 8. The SMILES string of the molecule is CN(C)Cc1ccc(N(C)CCN2CCN=C2C[N+](=O)[O-])o1. The van der Waals surface area contributed by atoms with Crippen LogP contribution in [-0.4, -0.2) is 74.4 Å². The van der Waals surface area contributed by atoms with Crippen molar-refractivity contribution in [3.8, 4) is 0 Å². The molecule has 0 N–H and O–H groups in total. The van der Waals surface area contributed by atoms with Gasteiger partial charge in [0.05, 0.1) is 13.1 Å². The van der Waals surface area contributed by atoms with Crippen LogP contribution in [0.4, 0.5) is 5.88 Å². The maximum absolute atomic E-state index is 10.6. The number of nitro groups is 1. The van der Waals surface area contributed by atoms with Crippen LogP contribution in [0.2, 0.25) is 0 Å². The van der Waals surface area contributed by atoms with Crippen molar-refractivity contribution in [1.82, 2.24) is 9.80 Å². The van der Waals surface area contributed by atoms with Crippen LogP contribution in [0.25, 0.3) is 0 Å². The van der Waals surface area contributed by atoms with Gasteiger partial charge >= 0.3 is 0 Å². The highest BCUT2D eigenvalue weighted by atomic mass is 16.6. The molecule has 2 rings (SSSR count). The molecule has 0 radical (unpaired) electrons. The molecule has 1 aromatic heterocycles. The fourth-order valence-electron chi connectivity index (χ4n) is 2.38. The molecule has 0 aromatic carbocycles. The molecule has 2 heterocycles. The number of hydrogen-bond acceptors (Lipinski definition) is 7.